The van der Waals surface area contributed by atoms with Crippen LogP contribution in [0.1, 0.15) is 39.2 Å². The van der Waals surface area contributed by atoms with Gasteiger partial charge in [0, 0.05) is 11.7 Å². The summed E-state index contributed by atoms with van der Waals surface area (Å²) in [6, 6.07) is 8.49. The Hall–Kier alpha value is -1.51. The van der Waals surface area contributed by atoms with Crippen molar-refractivity contribution >= 4 is 11.7 Å². The minimum Gasteiger partial charge on any atom is -0.480 e. The number of carboxylic acid groups (broad SMARTS) is 1. The smallest absolute Gasteiger partial charge is 0.323 e. The predicted octanol–water partition coefficient (Wildman–Crippen LogP) is 3.71. The first-order chi connectivity index (χ1) is 9.28. The van der Waals surface area contributed by atoms with Crippen molar-refractivity contribution in [2.24, 2.45) is 11.3 Å². The Morgan fingerprint density at radius 2 is 1.90 bits per heavy atom. The molecule has 1 aliphatic rings. The van der Waals surface area contributed by atoms with Crippen LogP contribution in [0.3, 0.4) is 0 Å². The van der Waals surface area contributed by atoms with E-state index in [2.05, 4.69) is 37.8 Å². The van der Waals surface area contributed by atoms with Crippen LogP contribution in [0.5, 0.6) is 0 Å². The van der Waals surface area contributed by atoms with E-state index in [0.717, 1.165) is 18.5 Å². The number of carboxylic acids is 1. The van der Waals surface area contributed by atoms with E-state index in [4.69, 9.17) is 0 Å². The molecule has 2 atom stereocenters. The second-order valence-electron chi connectivity index (χ2n) is 6.97. The van der Waals surface area contributed by atoms with Crippen LogP contribution in [-0.2, 0) is 4.79 Å². The number of nitrogens with zero attached hydrogens (tertiary/aromatic N) is 1. The van der Waals surface area contributed by atoms with E-state index in [1.165, 1.54) is 5.56 Å². The van der Waals surface area contributed by atoms with Gasteiger partial charge in [-0.15, -0.1) is 0 Å². The van der Waals surface area contributed by atoms with Crippen LogP contribution in [0.2, 0.25) is 0 Å². The van der Waals surface area contributed by atoms with E-state index >= 15 is 0 Å². The zero-order valence-corrected chi connectivity index (χ0v) is 12.9. The van der Waals surface area contributed by atoms with Gasteiger partial charge in [0.05, 0.1) is 0 Å². The molecule has 3 nitrogen and oxygen atoms in total. The maximum Gasteiger partial charge on any atom is 0.323 e. The lowest BCUT2D eigenvalue weighted by molar-refractivity contribution is -0.135. The van der Waals surface area contributed by atoms with E-state index in [-0.39, 0.29) is 6.54 Å². The molecule has 110 valence electrons. The second kappa shape index (κ2) is 5.47. The van der Waals surface area contributed by atoms with Crippen molar-refractivity contribution in [1.29, 1.82) is 0 Å². The zero-order valence-electron chi connectivity index (χ0n) is 12.9. The standard InChI is InChI=1S/C17H25NO2/c1-12-5-7-14(8-6-12)18(11-16(19)20)15-10-17(3,4)9-13(15)2/h5-8,13,15H,9-11H2,1-4H3,(H,19,20). The van der Waals surface area contributed by atoms with E-state index < -0.39 is 5.97 Å². The van der Waals surface area contributed by atoms with Crippen LogP contribution in [0.25, 0.3) is 0 Å². The highest BCUT2D eigenvalue weighted by molar-refractivity contribution is 5.74. The van der Waals surface area contributed by atoms with Crippen LogP contribution >= 0.6 is 0 Å². The fourth-order valence-corrected chi connectivity index (χ4v) is 3.56. The van der Waals surface area contributed by atoms with Crippen LogP contribution in [0.15, 0.2) is 24.3 Å². The molecule has 1 N–H and O–H groups in total. The number of carbonyl (C=O) groups is 1. The van der Waals surface area contributed by atoms with Gasteiger partial charge in [0.25, 0.3) is 0 Å². The molecule has 0 aliphatic heterocycles. The molecular weight excluding hydrogens is 250 g/mol. The highest BCUT2D eigenvalue weighted by atomic mass is 16.4. The normalized spacial score (nSPS) is 24.6. The second-order valence-corrected chi connectivity index (χ2v) is 6.97. The topological polar surface area (TPSA) is 40.5 Å². The van der Waals surface area contributed by atoms with Gasteiger partial charge in [-0.25, -0.2) is 0 Å². The summed E-state index contributed by atoms with van der Waals surface area (Å²) in [7, 11) is 0. The number of anilines is 1. The number of aliphatic carboxylic acids is 1. The molecule has 0 heterocycles. The summed E-state index contributed by atoms with van der Waals surface area (Å²) in [5.41, 5.74) is 2.52. The average Bonchev–Trinajstić information content (AvgIpc) is 2.61. The Labute approximate surface area is 121 Å². The summed E-state index contributed by atoms with van der Waals surface area (Å²) in [6.07, 6.45) is 2.20. The number of hydrogen-bond donors (Lipinski definition) is 1. The quantitative estimate of drug-likeness (QED) is 0.910. The monoisotopic (exact) mass is 275 g/mol. The molecule has 1 saturated carbocycles. The third-order valence-electron chi connectivity index (χ3n) is 4.36. The highest BCUT2D eigenvalue weighted by Gasteiger charge is 2.40. The zero-order chi connectivity index (χ0) is 14.9. The van der Waals surface area contributed by atoms with Crippen molar-refractivity contribution in [1.82, 2.24) is 0 Å². The number of rotatable bonds is 4. The molecular formula is C17H25NO2. The molecule has 20 heavy (non-hydrogen) atoms. The third-order valence-corrected chi connectivity index (χ3v) is 4.36. The molecule has 0 saturated heterocycles. The van der Waals surface area contributed by atoms with Crippen LogP contribution in [-0.4, -0.2) is 23.7 Å². The number of benzene rings is 1. The summed E-state index contributed by atoms with van der Waals surface area (Å²) in [5, 5.41) is 9.23. The molecule has 2 unspecified atom stereocenters. The van der Waals surface area contributed by atoms with Crippen LogP contribution in [0, 0.1) is 18.3 Å². The van der Waals surface area contributed by atoms with Crippen LogP contribution in [0.4, 0.5) is 5.69 Å². The molecule has 0 amide bonds. The lowest BCUT2D eigenvalue weighted by Gasteiger charge is -2.33. The fourth-order valence-electron chi connectivity index (χ4n) is 3.56. The van der Waals surface area contributed by atoms with Crippen molar-refractivity contribution < 1.29 is 9.90 Å². The summed E-state index contributed by atoms with van der Waals surface area (Å²) in [4.78, 5) is 13.3. The first kappa shape index (κ1) is 14.9. The van der Waals surface area contributed by atoms with Crippen molar-refractivity contribution in [3.05, 3.63) is 29.8 Å². The van der Waals surface area contributed by atoms with E-state index in [1.807, 2.05) is 19.1 Å². The highest BCUT2D eigenvalue weighted by Crippen LogP contribution is 2.44. The van der Waals surface area contributed by atoms with Crippen molar-refractivity contribution in [3.63, 3.8) is 0 Å². The van der Waals surface area contributed by atoms with E-state index in [9.17, 15) is 9.90 Å². The number of hydrogen-bond acceptors (Lipinski definition) is 2. The molecule has 1 fully saturated rings. The maximum atomic E-state index is 11.2. The molecule has 0 aromatic heterocycles. The molecule has 2 rings (SSSR count). The Balaban J connectivity index is 2.28. The summed E-state index contributed by atoms with van der Waals surface area (Å²) in [5.74, 6) is -0.242. The Morgan fingerprint density at radius 3 is 2.35 bits per heavy atom. The minimum absolute atomic E-state index is 0.0775. The largest absolute Gasteiger partial charge is 0.480 e. The van der Waals surface area contributed by atoms with Gasteiger partial charge >= 0.3 is 5.97 Å². The third kappa shape index (κ3) is 3.33. The van der Waals surface area contributed by atoms with Gasteiger partial charge in [-0.05, 0) is 43.2 Å². The average molecular weight is 275 g/mol. The van der Waals surface area contributed by atoms with Gasteiger partial charge in [-0.3, -0.25) is 4.79 Å². The van der Waals surface area contributed by atoms with Gasteiger partial charge < -0.3 is 10.0 Å². The van der Waals surface area contributed by atoms with E-state index in [1.54, 1.807) is 0 Å². The number of aryl methyl sites for hydroxylation is 1. The Kier molecular flexibility index (Phi) is 4.07. The van der Waals surface area contributed by atoms with Crippen molar-refractivity contribution in [2.75, 3.05) is 11.4 Å². The first-order valence-electron chi connectivity index (χ1n) is 7.33. The Bertz CT molecular complexity index is 478. The van der Waals surface area contributed by atoms with Gasteiger partial charge in [-0.2, -0.15) is 0 Å². The lowest BCUT2D eigenvalue weighted by Crippen LogP contribution is -2.41. The first-order valence-corrected chi connectivity index (χ1v) is 7.33. The van der Waals surface area contributed by atoms with Gasteiger partial charge in [0.1, 0.15) is 6.54 Å². The summed E-state index contributed by atoms with van der Waals surface area (Å²) >= 11 is 0. The van der Waals surface area contributed by atoms with Gasteiger partial charge in [-0.1, -0.05) is 38.5 Å². The molecule has 0 spiro atoms. The van der Waals surface area contributed by atoms with E-state index in [0.29, 0.717) is 17.4 Å². The molecule has 0 radical (unpaired) electrons. The summed E-state index contributed by atoms with van der Waals surface area (Å²) in [6.45, 7) is 8.92. The summed E-state index contributed by atoms with van der Waals surface area (Å²) < 4.78 is 0. The Morgan fingerprint density at radius 1 is 1.30 bits per heavy atom. The minimum atomic E-state index is -0.762. The molecule has 1 aromatic carbocycles. The maximum absolute atomic E-state index is 11.2. The molecule has 1 aromatic rings. The van der Waals surface area contributed by atoms with Crippen molar-refractivity contribution in [3.8, 4) is 0 Å². The van der Waals surface area contributed by atoms with Gasteiger partial charge in [0.2, 0.25) is 0 Å². The predicted molar refractivity (Wildman–Crippen MR) is 82.1 cm³/mol. The van der Waals surface area contributed by atoms with Crippen molar-refractivity contribution in [2.45, 2.75) is 46.6 Å². The van der Waals surface area contributed by atoms with Gasteiger partial charge in [0.15, 0.2) is 0 Å². The SMILES string of the molecule is Cc1ccc(N(CC(=O)O)C2CC(C)(C)CC2C)cc1. The molecule has 0 bridgehead atoms. The fraction of sp³-hybridized carbons (Fsp3) is 0.588. The molecule has 1 aliphatic carbocycles. The molecule has 3 heteroatoms. The lowest BCUT2D eigenvalue weighted by atomic mass is 9.91. The van der Waals surface area contributed by atoms with Crippen LogP contribution < -0.4 is 4.90 Å².